The van der Waals surface area contributed by atoms with E-state index in [4.69, 9.17) is 5.73 Å². The Bertz CT molecular complexity index is 314. The first kappa shape index (κ1) is 11.0. The Labute approximate surface area is 79.7 Å². The van der Waals surface area contributed by atoms with Gasteiger partial charge in [-0.3, -0.25) is 0 Å². The lowest BCUT2D eigenvalue weighted by Gasteiger charge is -2.28. The molecule has 80 valence electrons. The van der Waals surface area contributed by atoms with Gasteiger partial charge >= 0.3 is 6.18 Å². The zero-order valence-electron chi connectivity index (χ0n) is 7.97. The second-order valence-corrected chi connectivity index (χ2v) is 3.53. The molecule has 2 N–H and O–H groups in total. The maximum Gasteiger partial charge on any atom is 0.411 e. The Morgan fingerprint density at radius 2 is 2.00 bits per heavy atom. The van der Waals surface area contributed by atoms with Crippen LogP contribution in [0, 0.1) is 0 Å². The van der Waals surface area contributed by atoms with E-state index in [0.717, 1.165) is 24.7 Å². The highest BCUT2D eigenvalue weighted by atomic mass is 19.4. The second-order valence-electron chi connectivity index (χ2n) is 3.53. The van der Waals surface area contributed by atoms with E-state index in [1.54, 1.807) is 0 Å². The molecule has 0 fully saturated rings. The number of aromatic nitrogens is 2. The van der Waals surface area contributed by atoms with Crippen LogP contribution in [0.25, 0.3) is 0 Å². The molecule has 0 bridgehead atoms. The van der Waals surface area contributed by atoms with Crippen LogP contribution in [0.2, 0.25) is 0 Å². The van der Waals surface area contributed by atoms with Gasteiger partial charge < -0.3 is 10.3 Å². The summed E-state index contributed by atoms with van der Waals surface area (Å²) in [6.07, 6.45) is -1.84. The molecule has 0 radical (unpaired) electrons. The zero-order valence-corrected chi connectivity index (χ0v) is 7.97. The smallest absolute Gasteiger partial charge is 0.325 e. The molecular weight excluding hydrogens is 195 g/mol. The first-order valence-electron chi connectivity index (χ1n) is 4.09. The molecule has 0 aliphatic carbocycles. The fourth-order valence-corrected chi connectivity index (χ4v) is 0.921. The van der Waals surface area contributed by atoms with Crippen LogP contribution in [0.4, 0.5) is 13.2 Å². The molecule has 6 heteroatoms. The van der Waals surface area contributed by atoms with Crippen molar-refractivity contribution in [2.75, 3.05) is 0 Å². The number of imidazole rings is 1. The summed E-state index contributed by atoms with van der Waals surface area (Å²) in [6.45, 7) is 2.32. The van der Waals surface area contributed by atoms with Crippen molar-refractivity contribution < 1.29 is 13.2 Å². The number of alkyl halides is 3. The maximum atomic E-state index is 12.6. The Kier molecular flexibility index (Phi) is 2.58. The fourth-order valence-electron chi connectivity index (χ4n) is 0.921. The highest BCUT2D eigenvalue weighted by Gasteiger charge is 2.48. The Morgan fingerprint density at radius 1 is 1.43 bits per heavy atom. The monoisotopic (exact) mass is 207 g/mol. The predicted molar refractivity (Wildman–Crippen MR) is 45.5 cm³/mol. The zero-order chi connectivity index (χ0) is 11.0. The third-order valence-corrected chi connectivity index (χ3v) is 2.18. The molecule has 0 aliphatic rings. The summed E-state index contributed by atoms with van der Waals surface area (Å²) in [4.78, 5) is 3.75. The lowest BCUT2D eigenvalue weighted by molar-refractivity contribution is -0.202. The summed E-state index contributed by atoms with van der Waals surface area (Å²) in [5, 5.41) is 0. The molecule has 14 heavy (non-hydrogen) atoms. The fraction of sp³-hybridized carbons (Fsp3) is 0.625. The first-order valence-corrected chi connectivity index (χ1v) is 4.09. The molecule has 1 rings (SSSR count). The van der Waals surface area contributed by atoms with Crippen molar-refractivity contribution in [3.63, 3.8) is 0 Å². The van der Waals surface area contributed by atoms with Gasteiger partial charge in [0, 0.05) is 12.7 Å². The maximum absolute atomic E-state index is 12.6. The normalized spacial score (nSPS) is 13.3. The molecule has 0 saturated heterocycles. The number of hydrogen-bond donors (Lipinski definition) is 1. The highest BCUT2D eigenvalue weighted by Crippen LogP contribution is 2.35. The third-order valence-electron chi connectivity index (χ3n) is 2.18. The van der Waals surface area contributed by atoms with E-state index in [1.807, 2.05) is 0 Å². The van der Waals surface area contributed by atoms with Crippen molar-refractivity contribution in [1.82, 2.24) is 9.55 Å². The van der Waals surface area contributed by atoms with E-state index in [-0.39, 0.29) is 6.54 Å². The number of halogens is 3. The molecule has 0 atom stereocenters. The first-order chi connectivity index (χ1) is 6.29. The molecule has 0 amide bonds. The Hall–Kier alpha value is -1.04. The molecule has 0 unspecified atom stereocenters. The summed E-state index contributed by atoms with van der Waals surface area (Å²) in [7, 11) is 0. The molecule has 0 aliphatic heterocycles. The van der Waals surface area contributed by atoms with E-state index in [9.17, 15) is 13.2 Å². The van der Waals surface area contributed by atoms with Crippen molar-refractivity contribution >= 4 is 0 Å². The Morgan fingerprint density at radius 3 is 2.36 bits per heavy atom. The van der Waals surface area contributed by atoms with Gasteiger partial charge in [0.25, 0.3) is 0 Å². The summed E-state index contributed by atoms with van der Waals surface area (Å²) in [5.74, 6) is 0. The molecular formula is C8H12F3N3. The van der Waals surface area contributed by atoms with Crippen molar-refractivity contribution in [3.05, 3.63) is 18.2 Å². The summed E-state index contributed by atoms with van der Waals surface area (Å²) in [6, 6.07) is 0. The van der Waals surface area contributed by atoms with E-state index >= 15 is 0 Å². The molecule has 0 spiro atoms. The quantitative estimate of drug-likeness (QED) is 0.801. The average molecular weight is 207 g/mol. The van der Waals surface area contributed by atoms with E-state index in [0.29, 0.717) is 5.69 Å². The van der Waals surface area contributed by atoms with E-state index in [2.05, 4.69) is 4.98 Å². The molecule has 0 aromatic carbocycles. The molecule has 3 nitrogen and oxygen atoms in total. The lowest BCUT2D eigenvalue weighted by atomic mass is 10.1. The van der Waals surface area contributed by atoms with Gasteiger partial charge in [-0.25, -0.2) is 4.98 Å². The van der Waals surface area contributed by atoms with Gasteiger partial charge in [0.2, 0.25) is 0 Å². The van der Waals surface area contributed by atoms with E-state index in [1.165, 1.54) is 6.20 Å². The number of hydrogen-bond acceptors (Lipinski definition) is 2. The standard InChI is InChI=1S/C8H12F3N3/c1-7(2,8(9,10)11)14-4-6(3-12)13-5-14/h4-5H,3,12H2,1-2H3. The number of nitrogens with zero attached hydrogens (tertiary/aromatic N) is 2. The minimum atomic E-state index is -4.31. The van der Waals surface area contributed by atoms with Gasteiger partial charge in [-0.05, 0) is 13.8 Å². The summed E-state index contributed by atoms with van der Waals surface area (Å²) < 4.78 is 38.7. The molecule has 1 aromatic rings. The van der Waals surface area contributed by atoms with Gasteiger partial charge in [-0.15, -0.1) is 0 Å². The van der Waals surface area contributed by atoms with Gasteiger partial charge in [-0.2, -0.15) is 13.2 Å². The molecule has 1 heterocycles. The SMILES string of the molecule is CC(C)(n1cnc(CN)c1)C(F)(F)F. The van der Waals surface area contributed by atoms with Crippen LogP contribution >= 0.6 is 0 Å². The van der Waals surface area contributed by atoms with Gasteiger partial charge in [0.1, 0.15) is 5.54 Å². The minimum Gasteiger partial charge on any atom is -0.325 e. The third kappa shape index (κ3) is 1.75. The van der Waals surface area contributed by atoms with Gasteiger partial charge in [0.05, 0.1) is 12.0 Å². The minimum absolute atomic E-state index is 0.140. The van der Waals surface area contributed by atoms with Crippen LogP contribution in [0.5, 0.6) is 0 Å². The van der Waals surface area contributed by atoms with Gasteiger partial charge in [0.15, 0.2) is 0 Å². The van der Waals surface area contributed by atoms with Crippen LogP contribution in [0.15, 0.2) is 12.5 Å². The largest absolute Gasteiger partial charge is 0.411 e. The van der Waals surface area contributed by atoms with Crippen LogP contribution in [-0.4, -0.2) is 15.7 Å². The van der Waals surface area contributed by atoms with Gasteiger partial charge in [-0.1, -0.05) is 0 Å². The van der Waals surface area contributed by atoms with Crippen molar-refractivity contribution in [2.45, 2.75) is 32.1 Å². The average Bonchev–Trinajstić information content (AvgIpc) is 2.49. The number of nitrogens with two attached hydrogens (primary N) is 1. The molecule has 0 saturated carbocycles. The lowest BCUT2D eigenvalue weighted by Crippen LogP contribution is -2.41. The number of rotatable bonds is 2. The van der Waals surface area contributed by atoms with Crippen molar-refractivity contribution in [2.24, 2.45) is 5.73 Å². The van der Waals surface area contributed by atoms with E-state index < -0.39 is 11.7 Å². The Balaban J connectivity index is 3.04. The second kappa shape index (κ2) is 3.27. The van der Waals surface area contributed by atoms with Crippen molar-refractivity contribution in [1.29, 1.82) is 0 Å². The van der Waals surface area contributed by atoms with Crippen LogP contribution in [-0.2, 0) is 12.1 Å². The van der Waals surface area contributed by atoms with Crippen LogP contribution in [0.3, 0.4) is 0 Å². The summed E-state index contributed by atoms with van der Waals surface area (Å²) >= 11 is 0. The highest BCUT2D eigenvalue weighted by molar-refractivity contribution is 5.00. The van der Waals surface area contributed by atoms with Crippen molar-refractivity contribution in [3.8, 4) is 0 Å². The predicted octanol–water partition coefficient (Wildman–Crippen LogP) is 1.64. The topological polar surface area (TPSA) is 43.8 Å². The summed E-state index contributed by atoms with van der Waals surface area (Å²) in [5.41, 5.74) is 3.75. The molecule has 1 aromatic heterocycles. The van der Waals surface area contributed by atoms with Crippen LogP contribution in [0.1, 0.15) is 19.5 Å². The van der Waals surface area contributed by atoms with Crippen LogP contribution < -0.4 is 5.73 Å².